The first-order chi connectivity index (χ1) is 8.10. The van der Waals surface area contributed by atoms with Crippen molar-refractivity contribution in [3.8, 4) is 0 Å². The number of carbonyl (C=O) groups excluding carboxylic acids is 1. The Morgan fingerprint density at radius 1 is 1.29 bits per heavy atom. The molecular formula is C13H28N2O2. The molecule has 0 aromatic carbocycles. The van der Waals surface area contributed by atoms with E-state index in [1.807, 2.05) is 13.8 Å². The number of carbonyl (C=O) groups is 1. The fraction of sp³-hybridized carbons (Fsp3) is 0.923. The third-order valence-corrected chi connectivity index (χ3v) is 2.65. The molecule has 0 aliphatic carbocycles. The second kappa shape index (κ2) is 10.5. The van der Waals surface area contributed by atoms with E-state index >= 15 is 0 Å². The molecule has 0 saturated heterocycles. The molecular weight excluding hydrogens is 216 g/mol. The van der Waals surface area contributed by atoms with E-state index < -0.39 is 0 Å². The fourth-order valence-electron chi connectivity index (χ4n) is 1.75. The minimum absolute atomic E-state index is 0.0243. The maximum atomic E-state index is 11.5. The summed E-state index contributed by atoms with van der Waals surface area (Å²) in [7, 11) is 0. The summed E-state index contributed by atoms with van der Waals surface area (Å²) in [5.41, 5.74) is 8.04. The summed E-state index contributed by atoms with van der Waals surface area (Å²) < 4.78 is 0. The molecule has 1 atom stereocenters. The van der Waals surface area contributed by atoms with Gasteiger partial charge in [-0.25, -0.2) is 5.48 Å². The van der Waals surface area contributed by atoms with E-state index in [1.54, 1.807) is 0 Å². The minimum Gasteiger partial charge on any atom is -0.330 e. The lowest BCUT2D eigenvalue weighted by atomic mass is 9.94. The first kappa shape index (κ1) is 16.4. The molecule has 0 aromatic heterocycles. The molecule has 0 heterocycles. The monoisotopic (exact) mass is 244 g/mol. The van der Waals surface area contributed by atoms with Crippen LogP contribution in [0.2, 0.25) is 0 Å². The SMILES string of the molecule is CCCC(CCN)CCC(=O)NOCC(C)C. The van der Waals surface area contributed by atoms with Crippen LogP contribution in [0.3, 0.4) is 0 Å². The molecule has 0 fully saturated rings. The molecule has 17 heavy (non-hydrogen) atoms. The number of hydroxylamine groups is 1. The number of hydrogen-bond donors (Lipinski definition) is 2. The zero-order chi connectivity index (χ0) is 13.1. The summed E-state index contributed by atoms with van der Waals surface area (Å²) in [5.74, 6) is 0.977. The summed E-state index contributed by atoms with van der Waals surface area (Å²) in [6.07, 6.45) is 4.74. The number of amides is 1. The van der Waals surface area contributed by atoms with Gasteiger partial charge in [-0.05, 0) is 31.2 Å². The third-order valence-electron chi connectivity index (χ3n) is 2.65. The van der Waals surface area contributed by atoms with E-state index in [2.05, 4.69) is 12.4 Å². The Morgan fingerprint density at radius 3 is 2.53 bits per heavy atom. The molecule has 0 spiro atoms. The molecule has 4 nitrogen and oxygen atoms in total. The Hall–Kier alpha value is -0.610. The van der Waals surface area contributed by atoms with Crippen molar-refractivity contribution in [2.75, 3.05) is 13.2 Å². The van der Waals surface area contributed by atoms with Gasteiger partial charge >= 0.3 is 0 Å². The Bertz CT molecular complexity index is 190. The second-order valence-electron chi connectivity index (χ2n) is 5.00. The van der Waals surface area contributed by atoms with Gasteiger partial charge in [0.05, 0.1) is 6.61 Å². The normalized spacial score (nSPS) is 12.8. The third kappa shape index (κ3) is 10.3. The molecule has 1 unspecified atom stereocenters. The topological polar surface area (TPSA) is 64.4 Å². The van der Waals surface area contributed by atoms with Gasteiger partial charge in [-0.2, -0.15) is 0 Å². The molecule has 3 N–H and O–H groups in total. The largest absolute Gasteiger partial charge is 0.330 e. The van der Waals surface area contributed by atoms with Crippen molar-refractivity contribution in [3.63, 3.8) is 0 Å². The van der Waals surface area contributed by atoms with Crippen molar-refractivity contribution in [1.82, 2.24) is 5.48 Å². The molecule has 0 aliphatic rings. The van der Waals surface area contributed by atoms with Crippen LogP contribution < -0.4 is 11.2 Å². The lowest BCUT2D eigenvalue weighted by Gasteiger charge is -2.14. The van der Waals surface area contributed by atoms with Crippen LogP contribution in [-0.4, -0.2) is 19.1 Å². The van der Waals surface area contributed by atoms with Crippen LogP contribution in [-0.2, 0) is 9.63 Å². The standard InChI is InChI=1S/C13H28N2O2/c1-4-5-12(8-9-14)6-7-13(16)15-17-10-11(2)3/h11-12H,4-10,14H2,1-3H3,(H,15,16). The highest BCUT2D eigenvalue weighted by molar-refractivity contribution is 5.74. The molecule has 4 heteroatoms. The highest BCUT2D eigenvalue weighted by Gasteiger charge is 2.10. The van der Waals surface area contributed by atoms with Crippen LogP contribution in [0.25, 0.3) is 0 Å². The molecule has 0 aromatic rings. The fourth-order valence-corrected chi connectivity index (χ4v) is 1.75. The van der Waals surface area contributed by atoms with E-state index in [0.29, 0.717) is 31.4 Å². The first-order valence-electron chi connectivity index (χ1n) is 6.70. The second-order valence-corrected chi connectivity index (χ2v) is 5.00. The zero-order valence-electron chi connectivity index (χ0n) is 11.5. The van der Waals surface area contributed by atoms with E-state index in [-0.39, 0.29) is 5.91 Å². The molecule has 102 valence electrons. The Kier molecular flexibility index (Phi) is 10.2. The smallest absolute Gasteiger partial charge is 0.243 e. The van der Waals surface area contributed by atoms with Gasteiger partial charge in [-0.1, -0.05) is 33.6 Å². The molecule has 1 amide bonds. The average molecular weight is 244 g/mol. The Morgan fingerprint density at radius 2 is 2.00 bits per heavy atom. The van der Waals surface area contributed by atoms with Crippen molar-refractivity contribution >= 4 is 5.91 Å². The molecule has 0 rings (SSSR count). The van der Waals surface area contributed by atoms with Gasteiger partial charge in [-0.3, -0.25) is 9.63 Å². The molecule has 0 radical (unpaired) electrons. The predicted molar refractivity (Wildman–Crippen MR) is 70.2 cm³/mol. The summed E-state index contributed by atoms with van der Waals surface area (Å²) in [4.78, 5) is 16.6. The van der Waals surface area contributed by atoms with Crippen molar-refractivity contribution in [1.29, 1.82) is 0 Å². The van der Waals surface area contributed by atoms with Crippen LogP contribution in [0.5, 0.6) is 0 Å². The lowest BCUT2D eigenvalue weighted by Crippen LogP contribution is -2.26. The van der Waals surface area contributed by atoms with Crippen molar-refractivity contribution in [3.05, 3.63) is 0 Å². The molecule has 0 saturated carbocycles. The first-order valence-corrected chi connectivity index (χ1v) is 6.70. The van der Waals surface area contributed by atoms with Gasteiger partial charge in [0.2, 0.25) is 5.91 Å². The Labute approximate surface area is 105 Å². The Balaban J connectivity index is 3.64. The minimum atomic E-state index is -0.0243. The number of nitrogens with two attached hydrogens (primary N) is 1. The van der Waals surface area contributed by atoms with Gasteiger partial charge in [0, 0.05) is 6.42 Å². The lowest BCUT2D eigenvalue weighted by molar-refractivity contribution is -0.134. The van der Waals surface area contributed by atoms with Crippen molar-refractivity contribution < 1.29 is 9.63 Å². The number of nitrogens with one attached hydrogen (secondary N) is 1. The maximum Gasteiger partial charge on any atom is 0.243 e. The highest BCUT2D eigenvalue weighted by Crippen LogP contribution is 2.16. The molecule has 0 bridgehead atoms. The van der Waals surface area contributed by atoms with Crippen molar-refractivity contribution in [2.24, 2.45) is 17.6 Å². The highest BCUT2D eigenvalue weighted by atomic mass is 16.6. The van der Waals surface area contributed by atoms with Crippen LogP contribution in [0.1, 0.15) is 52.9 Å². The summed E-state index contributed by atoms with van der Waals surface area (Å²) in [6, 6.07) is 0. The van der Waals surface area contributed by atoms with Crippen LogP contribution in [0, 0.1) is 11.8 Å². The van der Waals surface area contributed by atoms with E-state index in [9.17, 15) is 4.79 Å². The number of rotatable bonds is 10. The summed E-state index contributed by atoms with van der Waals surface area (Å²) in [6.45, 7) is 7.52. The van der Waals surface area contributed by atoms with Crippen LogP contribution in [0.15, 0.2) is 0 Å². The van der Waals surface area contributed by atoms with Gasteiger partial charge in [0.15, 0.2) is 0 Å². The molecule has 0 aliphatic heterocycles. The zero-order valence-corrected chi connectivity index (χ0v) is 11.5. The van der Waals surface area contributed by atoms with E-state index in [4.69, 9.17) is 10.6 Å². The van der Waals surface area contributed by atoms with Gasteiger partial charge in [-0.15, -0.1) is 0 Å². The van der Waals surface area contributed by atoms with Crippen LogP contribution >= 0.6 is 0 Å². The van der Waals surface area contributed by atoms with Gasteiger partial charge < -0.3 is 5.73 Å². The summed E-state index contributed by atoms with van der Waals surface area (Å²) in [5, 5.41) is 0. The van der Waals surface area contributed by atoms with Crippen molar-refractivity contribution in [2.45, 2.75) is 52.9 Å². The average Bonchev–Trinajstić information content (AvgIpc) is 2.26. The van der Waals surface area contributed by atoms with E-state index in [0.717, 1.165) is 25.7 Å². The van der Waals surface area contributed by atoms with E-state index in [1.165, 1.54) is 0 Å². The quantitative estimate of drug-likeness (QED) is 0.579. The summed E-state index contributed by atoms with van der Waals surface area (Å²) >= 11 is 0. The predicted octanol–water partition coefficient (Wildman–Crippen LogP) is 2.24. The van der Waals surface area contributed by atoms with Gasteiger partial charge in [0.1, 0.15) is 0 Å². The van der Waals surface area contributed by atoms with Crippen LogP contribution in [0.4, 0.5) is 0 Å². The number of hydrogen-bond acceptors (Lipinski definition) is 3. The maximum absolute atomic E-state index is 11.5. The van der Waals surface area contributed by atoms with Gasteiger partial charge in [0.25, 0.3) is 0 Å².